The summed E-state index contributed by atoms with van der Waals surface area (Å²) in [5, 5.41) is 2.98. The number of ether oxygens (including phenoxy) is 1. The number of carbonyl (C=O) groups is 1. The van der Waals surface area contributed by atoms with E-state index in [9.17, 15) is 18.0 Å². The van der Waals surface area contributed by atoms with E-state index in [1.807, 2.05) is 0 Å². The molecule has 1 saturated heterocycles. The van der Waals surface area contributed by atoms with E-state index in [-0.39, 0.29) is 12.0 Å². The van der Waals surface area contributed by atoms with Gasteiger partial charge in [-0.05, 0) is 24.6 Å². The molecule has 0 saturated carbocycles. The smallest absolute Gasteiger partial charge is 0.416 e. The Morgan fingerprint density at radius 3 is 2.74 bits per heavy atom. The molecule has 0 aliphatic carbocycles. The van der Waals surface area contributed by atoms with Crippen LogP contribution in [0.15, 0.2) is 24.3 Å². The Balaban J connectivity index is 2.10. The summed E-state index contributed by atoms with van der Waals surface area (Å²) in [5.74, 6) is -0.348. The summed E-state index contributed by atoms with van der Waals surface area (Å²) in [6, 6.07) is 4.30. The predicted octanol–water partition coefficient (Wildman–Crippen LogP) is 2.67. The van der Waals surface area contributed by atoms with Gasteiger partial charge in [-0.2, -0.15) is 13.2 Å². The van der Waals surface area contributed by atoms with E-state index in [1.54, 1.807) is 13.0 Å². The molecule has 1 aliphatic rings. The lowest BCUT2D eigenvalue weighted by Gasteiger charge is -2.18. The van der Waals surface area contributed by atoms with Crippen LogP contribution in [0.3, 0.4) is 0 Å². The number of hydrogen-bond donors (Lipinski definition) is 1. The summed E-state index contributed by atoms with van der Waals surface area (Å²) >= 11 is 0. The molecule has 0 amide bonds. The van der Waals surface area contributed by atoms with E-state index >= 15 is 0 Å². The molecule has 1 N–H and O–H groups in total. The summed E-state index contributed by atoms with van der Waals surface area (Å²) < 4.78 is 42.6. The zero-order valence-electron chi connectivity index (χ0n) is 10.3. The lowest BCUT2D eigenvalue weighted by molar-refractivity contribution is -0.140. The van der Waals surface area contributed by atoms with Gasteiger partial charge in [-0.3, -0.25) is 10.1 Å². The SMILES string of the molecule is CC(NC1CCOC1=O)c1cccc(C(F)(F)F)c1. The monoisotopic (exact) mass is 273 g/mol. The number of nitrogens with one attached hydrogen (secondary N) is 1. The minimum absolute atomic E-state index is 0.348. The molecule has 0 spiro atoms. The number of carbonyl (C=O) groups excluding carboxylic acids is 1. The van der Waals surface area contributed by atoms with Crippen LogP contribution in [-0.4, -0.2) is 18.6 Å². The average Bonchev–Trinajstić information content (AvgIpc) is 2.74. The van der Waals surface area contributed by atoms with Crippen LogP contribution in [0.4, 0.5) is 13.2 Å². The molecule has 1 aromatic rings. The maximum atomic E-state index is 12.6. The van der Waals surface area contributed by atoms with Gasteiger partial charge >= 0.3 is 12.1 Å². The molecule has 104 valence electrons. The summed E-state index contributed by atoms with van der Waals surface area (Å²) in [5.41, 5.74) is -0.192. The minimum Gasteiger partial charge on any atom is -0.464 e. The largest absolute Gasteiger partial charge is 0.464 e. The third-order valence-corrected chi connectivity index (χ3v) is 3.10. The van der Waals surface area contributed by atoms with Crippen LogP contribution in [0.1, 0.15) is 30.5 Å². The Hall–Kier alpha value is -1.56. The molecule has 19 heavy (non-hydrogen) atoms. The van der Waals surface area contributed by atoms with Crippen molar-refractivity contribution in [2.24, 2.45) is 0 Å². The first-order chi connectivity index (χ1) is 8.88. The number of rotatable bonds is 3. The van der Waals surface area contributed by atoms with Crippen molar-refractivity contribution in [3.8, 4) is 0 Å². The van der Waals surface area contributed by atoms with Crippen LogP contribution in [0.25, 0.3) is 0 Å². The highest BCUT2D eigenvalue weighted by Gasteiger charge is 2.31. The highest BCUT2D eigenvalue weighted by molar-refractivity contribution is 5.77. The van der Waals surface area contributed by atoms with Crippen molar-refractivity contribution in [2.45, 2.75) is 31.6 Å². The van der Waals surface area contributed by atoms with Gasteiger partial charge in [-0.15, -0.1) is 0 Å². The molecule has 1 fully saturated rings. The van der Waals surface area contributed by atoms with Crippen LogP contribution in [0.2, 0.25) is 0 Å². The second-order valence-corrected chi connectivity index (χ2v) is 4.52. The van der Waals surface area contributed by atoms with E-state index < -0.39 is 17.8 Å². The first-order valence-electron chi connectivity index (χ1n) is 5.98. The van der Waals surface area contributed by atoms with E-state index in [1.165, 1.54) is 6.07 Å². The van der Waals surface area contributed by atoms with E-state index in [4.69, 9.17) is 4.74 Å². The topological polar surface area (TPSA) is 38.3 Å². The first-order valence-corrected chi connectivity index (χ1v) is 5.98. The highest BCUT2D eigenvalue weighted by Crippen LogP contribution is 2.30. The molecule has 2 rings (SSSR count). The van der Waals surface area contributed by atoms with Gasteiger partial charge in [0.15, 0.2) is 0 Å². The molecule has 0 radical (unpaired) electrons. The van der Waals surface area contributed by atoms with Crippen molar-refractivity contribution in [3.63, 3.8) is 0 Å². The fraction of sp³-hybridized carbons (Fsp3) is 0.462. The summed E-state index contributed by atoms with van der Waals surface area (Å²) in [4.78, 5) is 11.3. The molecule has 0 bridgehead atoms. The number of alkyl halides is 3. The van der Waals surface area contributed by atoms with Gasteiger partial charge in [0.1, 0.15) is 6.04 Å². The van der Waals surface area contributed by atoms with Crippen molar-refractivity contribution < 1.29 is 22.7 Å². The molecule has 0 aromatic heterocycles. The maximum absolute atomic E-state index is 12.6. The molecule has 6 heteroatoms. The van der Waals surface area contributed by atoms with Gasteiger partial charge in [-0.25, -0.2) is 0 Å². The molecule has 2 atom stereocenters. The maximum Gasteiger partial charge on any atom is 0.416 e. The average molecular weight is 273 g/mol. The van der Waals surface area contributed by atoms with Crippen LogP contribution >= 0.6 is 0 Å². The van der Waals surface area contributed by atoms with Crippen LogP contribution in [0, 0.1) is 0 Å². The fourth-order valence-corrected chi connectivity index (χ4v) is 2.03. The Morgan fingerprint density at radius 2 is 2.16 bits per heavy atom. The number of cyclic esters (lactones) is 1. The Kier molecular flexibility index (Phi) is 3.80. The van der Waals surface area contributed by atoms with E-state index in [0.29, 0.717) is 18.6 Å². The molecule has 1 aliphatic heterocycles. The summed E-state index contributed by atoms with van der Waals surface area (Å²) in [7, 11) is 0. The van der Waals surface area contributed by atoms with E-state index in [2.05, 4.69) is 5.32 Å². The molecule has 3 nitrogen and oxygen atoms in total. The van der Waals surface area contributed by atoms with Gasteiger partial charge in [0.05, 0.1) is 12.2 Å². The quantitative estimate of drug-likeness (QED) is 0.860. The van der Waals surface area contributed by atoms with Crippen molar-refractivity contribution in [1.82, 2.24) is 5.32 Å². The molecule has 1 heterocycles. The number of esters is 1. The van der Waals surface area contributed by atoms with Gasteiger partial charge < -0.3 is 4.74 Å². The molecule has 1 aromatic carbocycles. The van der Waals surface area contributed by atoms with Crippen molar-refractivity contribution >= 4 is 5.97 Å². The molecular formula is C13H14F3NO2. The van der Waals surface area contributed by atoms with Gasteiger partial charge in [0, 0.05) is 12.5 Å². The third-order valence-electron chi connectivity index (χ3n) is 3.10. The van der Waals surface area contributed by atoms with Crippen LogP contribution < -0.4 is 5.32 Å². The Bertz CT molecular complexity index is 473. The lowest BCUT2D eigenvalue weighted by atomic mass is 10.0. The van der Waals surface area contributed by atoms with Crippen LogP contribution in [0.5, 0.6) is 0 Å². The fourth-order valence-electron chi connectivity index (χ4n) is 2.03. The van der Waals surface area contributed by atoms with Crippen molar-refractivity contribution in [3.05, 3.63) is 35.4 Å². The van der Waals surface area contributed by atoms with Gasteiger partial charge in [0.2, 0.25) is 0 Å². The lowest BCUT2D eigenvalue weighted by Crippen LogP contribution is -2.35. The first kappa shape index (κ1) is 13.9. The second-order valence-electron chi connectivity index (χ2n) is 4.52. The van der Waals surface area contributed by atoms with Crippen LogP contribution in [-0.2, 0) is 15.7 Å². The second kappa shape index (κ2) is 5.21. The number of benzene rings is 1. The van der Waals surface area contributed by atoms with Crippen molar-refractivity contribution in [2.75, 3.05) is 6.61 Å². The summed E-state index contributed by atoms with van der Waals surface area (Å²) in [6.45, 7) is 2.08. The normalized spacial score (nSPS) is 21.3. The van der Waals surface area contributed by atoms with E-state index in [0.717, 1.165) is 12.1 Å². The van der Waals surface area contributed by atoms with Crippen molar-refractivity contribution in [1.29, 1.82) is 0 Å². The third kappa shape index (κ3) is 3.26. The standard InChI is InChI=1S/C13H14F3NO2/c1-8(17-11-5-6-19-12(11)18)9-3-2-4-10(7-9)13(14,15)16/h2-4,7-8,11,17H,5-6H2,1H3. The minimum atomic E-state index is -4.36. The zero-order valence-corrected chi connectivity index (χ0v) is 10.3. The predicted molar refractivity (Wildman–Crippen MR) is 62.4 cm³/mol. The highest BCUT2D eigenvalue weighted by atomic mass is 19.4. The molecule has 2 unspecified atom stereocenters. The molecular weight excluding hydrogens is 259 g/mol. The van der Waals surface area contributed by atoms with Gasteiger partial charge in [-0.1, -0.05) is 12.1 Å². The number of hydrogen-bond acceptors (Lipinski definition) is 3. The Morgan fingerprint density at radius 1 is 1.42 bits per heavy atom. The number of halogens is 3. The Labute approximate surface area is 108 Å². The van der Waals surface area contributed by atoms with Gasteiger partial charge in [0.25, 0.3) is 0 Å². The zero-order chi connectivity index (χ0) is 14.0. The summed E-state index contributed by atoms with van der Waals surface area (Å²) in [6.07, 6.45) is -3.82.